The van der Waals surface area contributed by atoms with Crippen molar-refractivity contribution in [2.45, 2.75) is 32.6 Å². The molecule has 1 aromatic carbocycles. The van der Waals surface area contributed by atoms with Crippen molar-refractivity contribution in [2.24, 2.45) is 5.92 Å². The Morgan fingerprint density at radius 3 is 2.27 bits per heavy atom. The molecule has 1 aliphatic carbocycles. The van der Waals surface area contributed by atoms with Crippen LogP contribution in [0, 0.1) is 5.92 Å². The first-order chi connectivity index (χ1) is 6.75. The lowest BCUT2D eigenvalue weighted by Gasteiger charge is -2.08. The maximum atomic E-state index is 3.47. The summed E-state index contributed by atoms with van der Waals surface area (Å²) < 4.78 is 0. The van der Waals surface area contributed by atoms with E-state index in [1.54, 1.807) is 0 Å². The van der Waals surface area contributed by atoms with Gasteiger partial charge in [-0.25, -0.2) is 0 Å². The van der Waals surface area contributed by atoms with Crippen LogP contribution in [0.1, 0.15) is 38.2 Å². The average molecular weight is 226 g/mol. The molecule has 1 aliphatic rings. The first kappa shape index (κ1) is 12.4. The van der Waals surface area contributed by atoms with Gasteiger partial charge in [0.2, 0.25) is 0 Å². The topological polar surface area (TPSA) is 12.0 Å². The minimum atomic E-state index is 0. The number of rotatable bonds is 4. The normalized spacial score (nSPS) is 14.9. The zero-order valence-corrected chi connectivity index (χ0v) is 10.3. The number of benzene rings is 1. The van der Waals surface area contributed by atoms with E-state index in [2.05, 4.69) is 43.4 Å². The molecule has 0 amide bonds. The van der Waals surface area contributed by atoms with E-state index in [-0.39, 0.29) is 12.4 Å². The second kappa shape index (κ2) is 5.41. The fourth-order valence-electron chi connectivity index (χ4n) is 1.57. The molecule has 2 heteroatoms. The Kier molecular flexibility index (Phi) is 4.46. The summed E-state index contributed by atoms with van der Waals surface area (Å²) in [6.45, 7) is 5.61. The van der Waals surface area contributed by atoms with Crippen LogP contribution >= 0.6 is 12.4 Å². The molecule has 0 saturated heterocycles. The summed E-state index contributed by atoms with van der Waals surface area (Å²) in [4.78, 5) is 0. The molecule has 1 saturated carbocycles. The second-order valence-corrected chi connectivity index (χ2v) is 4.60. The van der Waals surface area contributed by atoms with Gasteiger partial charge in [0.05, 0.1) is 0 Å². The highest BCUT2D eigenvalue weighted by Gasteiger charge is 2.20. The molecule has 0 aliphatic heterocycles. The van der Waals surface area contributed by atoms with Crippen LogP contribution in [0.4, 0.5) is 5.69 Å². The molecular formula is C13H20ClN. The zero-order valence-electron chi connectivity index (χ0n) is 9.49. The van der Waals surface area contributed by atoms with Gasteiger partial charge in [0.1, 0.15) is 0 Å². The van der Waals surface area contributed by atoms with Crippen molar-refractivity contribution in [3.05, 3.63) is 29.8 Å². The quantitative estimate of drug-likeness (QED) is 0.815. The number of hydrogen-bond acceptors (Lipinski definition) is 1. The Hall–Kier alpha value is -0.690. The van der Waals surface area contributed by atoms with Crippen LogP contribution in [0.5, 0.6) is 0 Å². The Bertz CT molecular complexity index is 288. The predicted molar refractivity (Wildman–Crippen MR) is 69.0 cm³/mol. The van der Waals surface area contributed by atoms with Gasteiger partial charge in [-0.1, -0.05) is 26.0 Å². The predicted octanol–water partition coefficient (Wildman–Crippen LogP) is 4.05. The minimum Gasteiger partial charge on any atom is -0.385 e. The lowest BCUT2D eigenvalue weighted by Crippen LogP contribution is -2.02. The maximum absolute atomic E-state index is 3.47. The van der Waals surface area contributed by atoms with E-state index < -0.39 is 0 Å². The minimum absolute atomic E-state index is 0. The molecule has 84 valence electrons. The summed E-state index contributed by atoms with van der Waals surface area (Å²) >= 11 is 0. The van der Waals surface area contributed by atoms with Gasteiger partial charge in [0.15, 0.2) is 0 Å². The van der Waals surface area contributed by atoms with Crippen molar-refractivity contribution in [3.8, 4) is 0 Å². The van der Waals surface area contributed by atoms with Gasteiger partial charge in [-0.05, 0) is 42.4 Å². The molecule has 0 atom stereocenters. The van der Waals surface area contributed by atoms with Crippen LogP contribution in [-0.2, 0) is 0 Å². The van der Waals surface area contributed by atoms with Gasteiger partial charge >= 0.3 is 0 Å². The molecule has 0 unspecified atom stereocenters. The first-order valence-corrected chi connectivity index (χ1v) is 5.59. The summed E-state index contributed by atoms with van der Waals surface area (Å²) in [5.41, 5.74) is 2.68. The van der Waals surface area contributed by atoms with Crippen LogP contribution in [0.3, 0.4) is 0 Å². The van der Waals surface area contributed by atoms with Crippen molar-refractivity contribution in [2.75, 3.05) is 11.9 Å². The highest BCUT2D eigenvalue weighted by Crippen LogP contribution is 2.29. The summed E-state index contributed by atoms with van der Waals surface area (Å²) in [5.74, 6) is 1.58. The number of anilines is 1. The number of halogens is 1. The van der Waals surface area contributed by atoms with E-state index in [9.17, 15) is 0 Å². The van der Waals surface area contributed by atoms with Gasteiger partial charge in [-0.3, -0.25) is 0 Å². The maximum Gasteiger partial charge on any atom is 0.0340 e. The van der Waals surface area contributed by atoms with Crippen molar-refractivity contribution in [1.82, 2.24) is 0 Å². The van der Waals surface area contributed by atoms with E-state index in [1.807, 2.05) is 0 Å². The third-order valence-electron chi connectivity index (χ3n) is 2.87. The molecule has 0 heterocycles. The summed E-state index contributed by atoms with van der Waals surface area (Å²) in [5, 5.41) is 3.47. The molecule has 2 rings (SSSR count). The third kappa shape index (κ3) is 3.75. The monoisotopic (exact) mass is 225 g/mol. The van der Waals surface area contributed by atoms with E-state index in [0.29, 0.717) is 5.92 Å². The molecule has 1 aromatic rings. The van der Waals surface area contributed by atoms with Crippen LogP contribution in [0.2, 0.25) is 0 Å². The SMILES string of the molecule is CC(C)c1ccc(NCC2CC2)cc1.Cl. The standard InChI is InChI=1S/C13H19N.ClH/c1-10(2)12-5-7-13(8-6-12)14-9-11-3-4-11;/h5-8,10-11,14H,3-4,9H2,1-2H3;1H. The Morgan fingerprint density at radius 1 is 1.20 bits per heavy atom. The van der Waals surface area contributed by atoms with Crippen LogP contribution in [0.25, 0.3) is 0 Å². The van der Waals surface area contributed by atoms with E-state index >= 15 is 0 Å². The second-order valence-electron chi connectivity index (χ2n) is 4.60. The summed E-state index contributed by atoms with van der Waals surface area (Å²) in [6.07, 6.45) is 2.83. The van der Waals surface area contributed by atoms with Gasteiger partial charge in [-0.2, -0.15) is 0 Å². The van der Waals surface area contributed by atoms with Gasteiger partial charge in [0, 0.05) is 12.2 Å². The van der Waals surface area contributed by atoms with Crippen molar-refractivity contribution in [3.63, 3.8) is 0 Å². The number of hydrogen-bond donors (Lipinski definition) is 1. The van der Waals surface area contributed by atoms with E-state index in [4.69, 9.17) is 0 Å². The lowest BCUT2D eigenvalue weighted by atomic mass is 10.0. The molecule has 1 N–H and O–H groups in total. The number of nitrogens with one attached hydrogen (secondary N) is 1. The molecule has 1 fully saturated rings. The average Bonchev–Trinajstić information content (AvgIpc) is 2.99. The molecule has 15 heavy (non-hydrogen) atoms. The molecule has 0 aromatic heterocycles. The lowest BCUT2D eigenvalue weighted by molar-refractivity contribution is 0.864. The summed E-state index contributed by atoms with van der Waals surface area (Å²) in [6, 6.07) is 8.83. The first-order valence-electron chi connectivity index (χ1n) is 5.59. The van der Waals surface area contributed by atoms with E-state index in [0.717, 1.165) is 12.5 Å². The molecule has 0 radical (unpaired) electrons. The van der Waals surface area contributed by atoms with E-state index in [1.165, 1.54) is 24.1 Å². The van der Waals surface area contributed by atoms with Gasteiger partial charge in [-0.15, -0.1) is 12.4 Å². The largest absolute Gasteiger partial charge is 0.385 e. The zero-order chi connectivity index (χ0) is 9.97. The smallest absolute Gasteiger partial charge is 0.0340 e. The van der Waals surface area contributed by atoms with Crippen molar-refractivity contribution in [1.29, 1.82) is 0 Å². The van der Waals surface area contributed by atoms with Crippen molar-refractivity contribution >= 4 is 18.1 Å². The fourth-order valence-corrected chi connectivity index (χ4v) is 1.57. The fraction of sp³-hybridized carbons (Fsp3) is 0.538. The molecule has 0 bridgehead atoms. The van der Waals surface area contributed by atoms with Crippen LogP contribution in [0.15, 0.2) is 24.3 Å². The molecular weight excluding hydrogens is 206 g/mol. The highest BCUT2D eigenvalue weighted by molar-refractivity contribution is 5.85. The van der Waals surface area contributed by atoms with Crippen LogP contribution in [-0.4, -0.2) is 6.54 Å². The van der Waals surface area contributed by atoms with Gasteiger partial charge in [0.25, 0.3) is 0 Å². The van der Waals surface area contributed by atoms with Crippen LogP contribution < -0.4 is 5.32 Å². The van der Waals surface area contributed by atoms with Crippen molar-refractivity contribution < 1.29 is 0 Å². The Labute approximate surface area is 98.7 Å². The molecule has 1 nitrogen and oxygen atoms in total. The van der Waals surface area contributed by atoms with Gasteiger partial charge < -0.3 is 5.32 Å². The third-order valence-corrected chi connectivity index (χ3v) is 2.87. The Morgan fingerprint density at radius 2 is 1.80 bits per heavy atom. The Balaban J connectivity index is 0.00000112. The molecule has 0 spiro atoms. The highest BCUT2D eigenvalue weighted by atomic mass is 35.5. The summed E-state index contributed by atoms with van der Waals surface area (Å²) in [7, 11) is 0.